The van der Waals surface area contributed by atoms with E-state index in [4.69, 9.17) is 4.74 Å². The minimum Gasteiger partial charge on any atom is -0.376 e. The summed E-state index contributed by atoms with van der Waals surface area (Å²) in [5.74, 6) is 1.95. The number of amides is 1. The van der Waals surface area contributed by atoms with E-state index in [-0.39, 0.29) is 12.0 Å². The van der Waals surface area contributed by atoms with Gasteiger partial charge < -0.3 is 15.0 Å². The van der Waals surface area contributed by atoms with E-state index in [1.807, 2.05) is 18.2 Å². The van der Waals surface area contributed by atoms with E-state index in [9.17, 15) is 4.79 Å². The first kappa shape index (κ1) is 22.1. The van der Waals surface area contributed by atoms with E-state index in [1.54, 1.807) is 0 Å². The Morgan fingerprint density at radius 1 is 1.26 bits per heavy atom. The van der Waals surface area contributed by atoms with Crippen molar-refractivity contribution in [2.45, 2.75) is 63.8 Å². The van der Waals surface area contributed by atoms with Gasteiger partial charge in [0.25, 0.3) is 0 Å². The third-order valence-corrected chi connectivity index (χ3v) is 7.09. The smallest absolute Gasteiger partial charge is 0.234 e. The van der Waals surface area contributed by atoms with E-state index in [0.717, 1.165) is 68.2 Å². The molecule has 2 fully saturated rings. The second-order valence-electron chi connectivity index (χ2n) is 8.59. The molecule has 0 spiro atoms. The minimum atomic E-state index is -0.0294. The molecule has 2 aliphatic heterocycles. The SMILES string of the molecule is CCc1cccc(NC(=O)CSc2nnc(N3CCC(C)CC3)n2CC2CCCO2)c1. The number of piperidine rings is 1. The van der Waals surface area contributed by atoms with Crippen molar-refractivity contribution >= 4 is 29.3 Å². The summed E-state index contributed by atoms with van der Waals surface area (Å²) in [4.78, 5) is 14.9. The number of nitrogens with zero attached hydrogens (tertiary/aromatic N) is 4. The standard InChI is InChI=1S/C23H33N5O2S/c1-3-18-6-4-7-19(14-18)24-21(29)16-31-23-26-25-22(27-11-9-17(2)10-12-27)28(23)15-20-8-5-13-30-20/h4,6-7,14,17,20H,3,5,8-13,15-16H2,1-2H3,(H,24,29). The zero-order valence-electron chi connectivity index (χ0n) is 18.5. The molecule has 1 amide bonds. The number of rotatable bonds is 8. The fourth-order valence-electron chi connectivity index (χ4n) is 4.18. The molecule has 7 nitrogen and oxygen atoms in total. The maximum atomic E-state index is 12.6. The van der Waals surface area contributed by atoms with Crippen molar-refractivity contribution in [1.82, 2.24) is 14.8 Å². The van der Waals surface area contributed by atoms with Crippen LogP contribution >= 0.6 is 11.8 Å². The first-order chi connectivity index (χ1) is 15.1. The normalized spacial score (nSPS) is 19.7. The Morgan fingerprint density at radius 3 is 2.84 bits per heavy atom. The molecule has 8 heteroatoms. The second kappa shape index (κ2) is 10.5. The molecule has 0 radical (unpaired) electrons. The van der Waals surface area contributed by atoms with Gasteiger partial charge in [-0.1, -0.05) is 37.7 Å². The lowest BCUT2D eigenvalue weighted by molar-refractivity contribution is -0.113. The van der Waals surface area contributed by atoms with Crippen molar-refractivity contribution < 1.29 is 9.53 Å². The van der Waals surface area contributed by atoms with Crippen LogP contribution in [0, 0.1) is 5.92 Å². The molecule has 0 bridgehead atoms. The van der Waals surface area contributed by atoms with E-state index in [2.05, 4.69) is 44.9 Å². The molecule has 1 N–H and O–H groups in total. The number of carbonyl (C=O) groups excluding carboxylic acids is 1. The van der Waals surface area contributed by atoms with E-state index in [0.29, 0.717) is 5.75 Å². The van der Waals surface area contributed by atoms with Gasteiger partial charge in [0.15, 0.2) is 5.16 Å². The van der Waals surface area contributed by atoms with Crippen LogP contribution < -0.4 is 10.2 Å². The number of benzene rings is 1. The molecule has 2 aromatic rings. The molecule has 0 saturated carbocycles. The monoisotopic (exact) mass is 443 g/mol. The summed E-state index contributed by atoms with van der Waals surface area (Å²) in [5, 5.41) is 12.8. The molecular weight excluding hydrogens is 410 g/mol. The Bertz CT molecular complexity index is 873. The molecule has 1 aromatic heterocycles. The Balaban J connectivity index is 1.43. The Hall–Kier alpha value is -2.06. The van der Waals surface area contributed by atoms with Crippen LogP contribution in [0.2, 0.25) is 0 Å². The highest BCUT2D eigenvalue weighted by atomic mass is 32.2. The molecule has 1 aromatic carbocycles. The summed E-state index contributed by atoms with van der Waals surface area (Å²) >= 11 is 1.45. The third kappa shape index (κ3) is 5.80. The lowest BCUT2D eigenvalue weighted by atomic mass is 10.00. The highest BCUT2D eigenvalue weighted by molar-refractivity contribution is 7.99. The summed E-state index contributed by atoms with van der Waals surface area (Å²) in [6.07, 6.45) is 5.66. The van der Waals surface area contributed by atoms with E-state index >= 15 is 0 Å². The average molecular weight is 444 g/mol. The lowest BCUT2D eigenvalue weighted by Crippen LogP contribution is -2.35. The van der Waals surface area contributed by atoms with Crippen molar-refractivity contribution in [3.8, 4) is 0 Å². The minimum absolute atomic E-state index is 0.0294. The van der Waals surface area contributed by atoms with Gasteiger partial charge in [-0.25, -0.2) is 0 Å². The quantitative estimate of drug-likeness (QED) is 0.622. The van der Waals surface area contributed by atoms with Gasteiger partial charge in [-0.3, -0.25) is 9.36 Å². The van der Waals surface area contributed by atoms with E-state index < -0.39 is 0 Å². The maximum absolute atomic E-state index is 12.6. The molecule has 31 heavy (non-hydrogen) atoms. The zero-order chi connectivity index (χ0) is 21.6. The second-order valence-corrected chi connectivity index (χ2v) is 9.53. The van der Waals surface area contributed by atoms with Gasteiger partial charge in [0.05, 0.1) is 18.4 Å². The molecule has 2 aliphatic rings. The topological polar surface area (TPSA) is 72.3 Å². The first-order valence-corrected chi connectivity index (χ1v) is 12.4. The van der Waals surface area contributed by atoms with Crippen LogP contribution in [0.15, 0.2) is 29.4 Å². The van der Waals surface area contributed by atoms with Crippen LogP contribution in [0.3, 0.4) is 0 Å². The average Bonchev–Trinajstić information content (AvgIpc) is 3.43. The predicted molar refractivity (Wildman–Crippen MR) is 125 cm³/mol. The number of carbonyl (C=O) groups is 1. The molecule has 0 aliphatic carbocycles. The van der Waals surface area contributed by atoms with Gasteiger partial charge in [0.2, 0.25) is 11.9 Å². The fourth-order valence-corrected chi connectivity index (χ4v) is 4.92. The lowest BCUT2D eigenvalue weighted by Gasteiger charge is -2.31. The third-order valence-electron chi connectivity index (χ3n) is 6.13. The first-order valence-electron chi connectivity index (χ1n) is 11.4. The number of hydrogen-bond acceptors (Lipinski definition) is 6. The Morgan fingerprint density at radius 2 is 2.10 bits per heavy atom. The van der Waals surface area contributed by atoms with Crippen LogP contribution in [0.25, 0.3) is 0 Å². The predicted octanol–water partition coefficient (Wildman–Crippen LogP) is 3.99. The van der Waals surface area contributed by atoms with Crippen molar-refractivity contribution in [3.05, 3.63) is 29.8 Å². The summed E-state index contributed by atoms with van der Waals surface area (Å²) in [5.41, 5.74) is 2.05. The van der Waals surface area contributed by atoms with Gasteiger partial charge in [0.1, 0.15) is 0 Å². The Kier molecular flexibility index (Phi) is 7.50. The summed E-state index contributed by atoms with van der Waals surface area (Å²) in [7, 11) is 0. The number of aromatic nitrogens is 3. The van der Waals surface area contributed by atoms with E-state index in [1.165, 1.54) is 30.2 Å². The number of ether oxygens (including phenoxy) is 1. The van der Waals surface area contributed by atoms with Gasteiger partial charge in [-0.05, 0) is 55.7 Å². The highest BCUT2D eigenvalue weighted by Crippen LogP contribution is 2.28. The van der Waals surface area contributed by atoms with Gasteiger partial charge in [-0.15, -0.1) is 10.2 Å². The summed E-state index contributed by atoms with van der Waals surface area (Å²) < 4.78 is 8.05. The maximum Gasteiger partial charge on any atom is 0.234 e. The van der Waals surface area contributed by atoms with Crippen LogP contribution in [-0.2, 0) is 22.5 Å². The van der Waals surface area contributed by atoms with Crippen molar-refractivity contribution in [2.24, 2.45) is 5.92 Å². The number of thioether (sulfide) groups is 1. The fraction of sp³-hybridized carbons (Fsp3) is 0.609. The summed E-state index contributed by atoms with van der Waals surface area (Å²) in [6.45, 7) is 8.00. The van der Waals surface area contributed by atoms with Gasteiger partial charge in [0, 0.05) is 25.4 Å². The zero-order valence-corrected chi connectivity index (χ0v) is 19.4. The number of aryl methyl sites for hydroxylation is 1. The molecule has 168 valence electrons. The van der Waals surface area contributed by atoms with Crippen molar-refractivity contribution in [2.75, 3.05) is 35.7 Å². The number of anilines is 2. The highest BCUT2D eigenvalue weighted by Gasteiger charge is 2.26. The number of hydrogen-bond donors (Lipinski definition) is 1. The van der Waals surface area contributed by atoms with Crippen molar-refractivity contribution in [1.29, 1.82) is 0 Å². The van der Waals surface area contributed by atoms with Crippen LogP contribution in [0.1, 0.15) is 45.1 Å². The molecule has 3 heterocycles. The molecular formula is C23H33N5O2S. The molecule has 4 rings (SSSR count). The molecule has 1 unspecified atom stereocenters. The Labute approximate surface area is 188 Å². The van der Waals surface area contributed by atoms with Crippen LogP contribution in [0.4, 0.5) is 11.6 Å². The van der Waals surface area contributed by atoms with Crippen molar-refractivity contribution in [3.63, 3.8) is 0 Å². The molecule has 1 atom stereocenters. The molecule has 2 saturated heterocycles. The van der Waals surface area contributed by atoms with Crippen LogP contribution in [-0.4, -0.2) is 52.2 Å². The van der Waals surface area contributed by atoms with Crippen LogP contribution in [0.5, 0.6) is 0 Å². The van der Waals surface area contributed by atoms with Gasteiger partial charge in [-0.2, -0.15) is 0 Å². The summed E-state index contributed by atoms with van der Waals surface area (Å²) in [6, 6.07) is 8.00. The number of nitrogens with one attached hydrogen (secondary N) is 1. The van der Waals surface area contributed by atoms with Gasteiger partial charge >= 0.3 is 0 Å². The largest absolute Gasteiger partial charge is 0.376 e.